The van der Waals surface area contributed by atoms with Crippen molar-refractivity contribution < 1.29 is 0 Å². The third-order valence-electron chi connectivity index (χ3n) is 3.11. The van der Waals surface area contributed by atoms with E-state index in [0.29, 0.717) is 0 Å². The van der Waals surface area contributed by atoms with Gasteiger partial charge in [0, 0.05) is 26.3 Å². The third-order valence-corrected chi connectivity index (χ3v) is 3.11. The standard InChI is InChI=1S/C17H21N3/c1-4-20(17-8-6-5-7-9-17)18-14-15-10-12-16(13-11-15)19(2)3/h5-14H,4H2,1-3H3/b18-14-. The van der Waals surface area contributed by atoms with Crippen LogP contribution in [0.2, 0.25) is 0 Å². The Kier molecular flexibility index (Phi) is 4.77. The van der Waals surface area contributed by atoms with Crippen molar-refractivity contribution in [1.82, 2.24) is 0 Å². The monoisotopic (exact) mass is 267 g/mol. The van der Waals surface area contributed by atoms with Crippen molar-refractivity contribution in [2.45, 2.75) is 6.92 Å². The van der Waals surface area contributed by atoms with Gasteiger partial charge in [-0.1, -0.05) is 30.3 Å². The van der Waals surface area contributed by atoms with Gasteiger partial charge in [0.1, 0.15) is 0 Å². The number of para-hydroxylation sites is 1. The lowest BCUT2D eigenvalue weighted by molar-refractivity contribution is 0.897. The van der Waals surface area contributed by atoms with Gasteiger partial charge in [0.25, 0.3) is 0 Å². The van der Waals surface area contributed by atoms with Crippen LogP contribution in [0.25, 0.3) is 0 Å². The molecule has 20 heavy (non-hydrogen) atoms. The lowest BCUT2D eigenvalue weighted by Gasteiger charge is -2.16. The maximum atomic E-state index is 4.55. The fourth-order valence-electron chi connectivity index (χ4n) is 1.93. The quantitative estimate of drug-likeness (QED) is 0.608. The fraction of sp³-hybridized carbons (Fsp3) is 0.235. The van der Waals surface area contributed by atoms with Crippen molar-refractivity contribution in [3.63, 3.8) is 0 Å². The van der Waals surface area contributed by atoms with Crippen molar-refractivity contribution in [2.24, 2.45) is 5.10 Å². The number of hydrogen-bond acceptors (Lipinski definition) is 3. The molecule has 3 nitrogen and oxygen atoms in total. The molecule has 0 atom stereocenters. The van der Waals surface area contributed by atoms with E-state index in [4.69, 9.17) is 0 Å². The Labute approximate surface area is 121 Å². The third kappa shape index (κ3) is 3.60. The van der Waals surface area contributed by atoms with Crippen LogP contribution in [0.15, 0.2) is 59.7 Å². The van der Waals surface area contributed by atoms with Crippen molar-refractivity contribution in [3.8, 4) is 0 Å². The van der Waals surface area contributed by atoms with Crippen LogP contribution >= 0.6 is 0 Å². The van der Waals surface area contributed by atoms with Crippen LogP contribution in [0.5, 0.6) is 0 Å². The molecule has 0 bridgehead atoms. The van der Waals surface area contributed by atoms with Gasteiger partial charge in [0.05, 0.1) is 11.9 Å². The molecule has 0 aliphatic carbocycles. The highest BCUT2D eigenvalue weighted by Gasteiger charge is 2.00. The minimum absolute atomic E-state index is 0.844. The molecule has 0 heterocycles. The first kappa shape index (κ1) is 14.1. The molecule has 0 saturated heterocycles. The number of benzene rings is 2. The summed E-state index contributed by atoms with van der Waals surface area (Å²) in [5.41, 5.74) is 3.40. The van der Waals surface area contributed by atoms with Crippen LogP contribution < -0.4 is 9.91 Å². The Bertz CT molecular complexity index is 544. The van der Waals surface area contributed by atoms with Crippen LogP contribution in [0.4, 0.5) is 11.4 Å². The predicted molar refractivity (Wildman–Crippen MR) is 87.8 cm³/mol. The minimum atomic E-state index is 0.844. The number of hydrazone groups is 1. The molecule has 2 rings (SSSR count). The van der Waals surface area contributed by atoms with E-state index in [1.807, 2.05) is 43.5 Å². The first-order valence-electron chi connectivity index (χ1n) is 6.84. The lowest BCUT2D eigenvalue weighted by Crippen LogP contribution is -2.15. The smallest absolute Gasteiger partial charge is 0.0593 e. The number of hydrogen-bond donors (Lipinski definition) is 0. The Morgan fingerprint density at radius 2 is 1.55 bits per heavy atom. The molecule has 104 valence electrons. The molecule has 2 aromatic carbocycles. The highest BCUT2D eigenvalue weighted by atomic mass is 15.4. The molecule has 3 heteroatoms. The minimum Gasteiger partial charge on any atom is -0.378 e. The summed E-state index contributed by atoms with van der Waals surface area (Å²) in [5, 5.41) is 6.54. The predicted octanol–water partition coefficient (Wildman–Crippen LogP) is 3.61. The molecule has 0 saturated carbocycles. The molecule has 0 aliphatic heterocycles. The summed E-state index contributed by atoms with van der Waals surface area (Å²) in [4.78, 5) is 2.09. The summed E-state index contributed by atoms with van der Waals surface area (Å²) >= 11 is 0. The molecule has 2 aromatic rings. The van der Waals surface area contributed by atoms with E-state index in [-0.39, 0.29) is 0 Å². The zero-order chi connectivity index (χ0) is 14.4. The van der Waals surface area contributed by atoms with Gasteiger partial charge in [-0.3, -0.25) is 5.01 Å². The van der Waals surface area contributed by atoms with E-state index < -0.39 is 0 Å². The van der Waals surface area contributed by atoms with Crippen LogP contribution in [0.3, 0.4) is 0 Å². The van der Waals surface area contributed by atoms with E-state index in [0.717, 1.165) is 17.8 Å². The van der Waals surface area contributed by atoms with Gasteiger partial charge in [-0.15, -0.1) is 0 Å². The molecule has 0 aromatic heterocycles. The van der Waals surface area contributed by atoms with Gasteiger partial charge >= 0.3 is 0 Å². The molecule has 0 spiro atoms. The maximum absolute atomic E-state index is 4.55. The van der Waals surface area contributed by atoms with Gasteiger partial charge in [-0.25, -0.2) is 0 Å². The SMILES string of the molecule is CCN(/N=C\c1ccc(N(C)C)cc1)c1ccccc1. The van der Waals surface area contributed by atoms with Crippen molar-refractivity contribution in [3.05, 3.63) is 60.2 Å². The topological polar surface area (TPSA) is 18.8 Å². The van der Waals surface area contributed by atoms with Gasteiger partial charge in [-0.2, -0.15) is 5.10 Å². The summed E-state index contributed by atoms with van der Waals surface area (Å²) in [7, 11) is 4.08. The molecule has 0 amide bonds. The Balaban J connectivity index is 2.11. The highest BCUT2D eigenvalue weighted by molar-refractivity contribution is 5.81. The summed E-state index contributed by atoms with van der Waals surface area (Å²) in [6.45, 7) is 2.94. The van der Waals surface area contributed by atoms with E-state index in [1.165, 1.54) is 5.69 Å². The van der Waals surface area contributed by atoms with E-state index in [9.17, 15) is 0 Å². The van der Waals surface area contributed by atoms with Crippen molar-refractivity contribution in [2.75, 3.05) is 30.5 Å². The zero-order valence-corrected chi connectivity index (χ0v) is 12.3. The lowest BCUT2D eigenvalue weighted by atomic mass is 10.2. The van der Waals surface area contributed by atoms with Crippen molar-refractivity contribution >= 4 is 17.6 Å². The van der Waals surface area contributed by atoms with Gasteiger partial charge in [0.15, 0.2) is 0 Å². The first-order chi connectivity index (χ1) is 9.70. The van der Waals surface area contributed by atoms with E-state index in [1.54, 1.807) is 0 Å². The molecular formula is C17H21N3. The largest absolute Gasteiger partial charge is 0.378 e. The molecule has 0 unspecified atom stereocenters. The molecule has 0 radical (unpaired) electrons. The Morgan fingerprint density at radius 1 is 0.900 bits per heavy atom. The van der Waals surface area contributed by atoms with Crippen LogP contribution in [-0.2, 0) is 0 Å². The normalized spacial score (nSPS) is 10.8. The average molecular weight is 267 g/mol. The maximum Gasteiger partial charge on any atom is 0.0593 e. The van der Waals surface area contributed by atoms with Gasteiger partial charge in [-0.05, 0) is 36.8 Å². The number of nitrogens with zero attached hydrogens (tertiary/aromatic N) is 3. The second-order valence-electron chi connectivity index (χ2n) is 4.78. The molecule has 0 aliphatic rings. The van der Waals surface area contributed by atoms with Crippen LogP contribution in [0.1, 0.15) is 12.5 Å². The summed E-state index contributed by atoms with van der Waals surface area (Å²) < 4.78 is 0. The summed E-state index contributed by atoms with van der Waals surface area (Å²) in [5.74, 6) is 0. The van der Waals surface area contributed by atoms with E-state index >= 15 is 0 Å². The summed E-state index contributed by atoms with van der Waals surface area (Å²) in [6.07, 6.45) is 1.90. The second kappa shape index (κ2) is 6.75. The fourth-order valence-corrected chi connectivity index (χ4v) is 1.93. The number of rotatable bonds is 5. The van der Waals surface area contributed by atoms with Gasteiger partial charge in [0.2, 0.25) is 0 Å². The zero-order valence-electron chi connectivity index (χ0n) is 12.3. The average Bonchev–Trinajstić information content (AvgIpc) is 2.49. The van der Waals surface area contributed by atoms with E-state index in [2.05, 4.69) is 53.3 Å². The van der Waals surface area contributed by atoms with Crippen LogP contribution in [-0.4, -0.2) is 26.9 Å². The molecule has 0 fully saturated rings. The number of anilines is 2. The highest BCUT2D eigenvalue weighted by Crippen LogP contribution is 2.14. The van der Waals surface area contributed by atoms with Gasteiger partial charge < -0.3 is 4.90 Å². The summed E-state index contributed by atoms with van der Waals surface area (Å²) in [6, 6.07) is 18.6. The van der Waals surface area contributed by atoms with Crippen molar-refractivity contribution in [1.29, 1.82) is 0 Å². The first-order valence-corrected chi connectivity index (χ1v) is 6.84. The second-order valence-corrected chi connectivity index (χ2v) is 4.78. The Hall–Kier alpha value is -2.29. The van der Waals surface area contributed by atoms with Crippen LogP contribution in [0, 0.1) is 0 Å². The molecule has 0 N–H and O–H groups in total. The molecular weight excluding hydrogens is 246 g/mol. The Morgan fingerprint density at radius 3 is 2.10 bits per heavy atom.